The van der Waals surface area contributed by atoms with Gasteiger partial charge in [-0.05, 0) is 58.2 Å². The van der Waals surface area contributed by atoms with Crippen LogP contribution in [0.4, 0.5) is 0 Å². The molecule has 0 amide bonds. The van der Waals surface area contributed by atoms with Crippen LogP contribution < -0.4 is 9.47 Å². The van der Waals surface area contributed by atoms with Gasteiger partial charge in [-0.15, -0.1) is 0 Å². The second-order valence-electron chi connectivity index (χ2n) is 8.17. The lowest BCUT2D eigenvalue weighted by atomic mass is 9.80. The van der Waals surface area contributed by atoms with E-state index in [2.05, 4.69) is 12.1 Å². The molecule has 3 nitrogen and oxygen atoms in total. The third-order valence-electron chi connectivity index (χ3n) is 5.01. The molecule has 0 aliphatic rings. The zero-order valence-corrected chi connectivity index (χ0v) is 18.3. The van der Waals surface area contributed by atoms with Crippen molar-refractivity contribution in [2.24, 2.45) is 0 Å². The molecule has 1 N–H and O–H groups in total. The van der Waals surface area contributed by atoms with Gasteiger partial charge in [0.15, 0.2) is 0 Å². The van der Waals surface area contributed by atoms with Gasteiger partial charge in [0.05, 0.1) is 12.2 Å². The van der Waals surface area contributed by atoms with E-state index in [0.717, 1.165) is 17.5 Å². The Labute approximate surface area is 180 Å². The molecular formula is C27H32O3. The van der Waals surface area contributed by atoms with Crippen LogP contribution in [-0.2, 0) is 12.0 Å². The average Bonchev–Trinajstić information content (AvgIpc) is 2.73. The minimum Gasteiger partial charge on any atom is -0.491 e. The summed E-state index contributed by atoms with van der Waals surface area (Å²) in [5, 5.41) is 12.2. The fourth-order valence-corrected chi connectivity index (χ4v) is 3.71. The normalized spacial score (nSPS) is 11.7. The number of aliphatic hydroxyl groups is 1. The van der Waals surface area contributed by atoms with Crippen molar-refractivity contribution < 1.29 is 14.6 Å². The van der Waals surface area contributed by atoms with Crippen LogP contribution in [0.1, 0.15) is 50.8 Å². The fourth-order valence-electron chi connectivity index (χ4n) is 3.71. The topological polar surface area (TPSA) is 38.7 Å². The van der Waals surface area contributed by atoms with E-state index < -0.39 is 5.60 Å². The molecule has 3 aromatic rings. The van der Waals surface area contributed by atoms with Gasteiger partial charge in [-0.1, -0.05) is 66.7 Å². The summed E-state index contributed by atoms with van der Waals surface area (Å²) in [7, 11) is 0. The van der Waals surface area contributed by atoms with Crippen molar-refractivity contribution in [3.63, 3.8) is 0 Å². The molecule has 0 saturated carbocycles. The highest BCUT2D eigenvalue weighted by molar-refractivity contribution is 5.50. The highest BCUT2D eigenvalue weighted by atomic mass is 16.5. The number of aryl methyl sites for hydroxylation is 1. The number of benzene rings is 3. The van der Waals surface area contributed by atoms with E-state index in [0.29, 0.717) is 17.9 Å². The monoisotopic (exact) mass is 404 g/mol. The van der Waals surface area contributed by atoms with Crippen molar-refractivity contribution in [3.8, 4) is 11.5 Å². The maximum Gasteiger partial charge on any atom is 0.126 e. The Morgan fingerprint density at radius 3 is 1.57 bits per heavy atom. The fraction of sp³-hybridized carbons (Fsp3) is 0.333. The predicted octanol–water partition coefficient (Wildman–Crippen LogP) is 6.13. The number of ether oxygens (including phenoxy) is 2. The Kier molecular flexibility index (Phi) is 7.17. The quantitative estimate of drug-likeness (QED) is 0.466. The molecule has 0 bridgehead atoms. The molecule has 3 heteroatoms. The SMILES string of the molecule is CC(C)Oc1ccccc1C(O)(CCc1ccccc1)c1ccccc1OC(C)C. The largest absolute Gasteiger partial charge is 0.491 e. The first-order valence-corrected chi connectivity index (χ1v) is 10.7. The Balaban J connectivity index is 2.11. The lowest BCUT2D eigenvalue weighted by molar-refractivity contribution is 0.0616. The molecule has 0 fully saturated rings. The highest BCUT2D eigenvalue weighted by Crippen LogP contribution is 2.43. The lowest BCUT2D eigenvalue weighted by Crippen LogP contribution is -2.30. The number of hydrogen-bond donors (Lipinski definition) is 1. The standard InChI is InChI=1S/C27H32O3/c1-20(2)29-25-16-10-8-14-23(25)27(28,19-18-22-12-6-5-7-13-22)24-15-9-11-17-26(24)30-21(3)4/h5-17,20-21,28H,18-19H2,1-4H3. The van der Waals surface area contributed by atoms with Crippen molar-refractivity contribution in [2.45, 2.75) is 58.3 Å². The van der Waals surface area contributed by atoms with Gasteiger partial charge in [0.1, 0.15) is 17.1 Å². The Bertz CT molecular complexity index is 878. The first-order valence-electron chi connectivity index (χ1n) is 10.7. The Morgan fingerprint density at radius 2 is 1.10 bits per heavy atom. The summed E-state index contributed by atoms with van der Waals surface area (Å²) in [5.41, 5.74) is 1.44. The molecule has 0 saturated heterocycles. The smallest absolute Gasteiger partial charge is 0.126 e. The van der Waals surface area contributed by atoms with Crippen LogP contribution in [0.15, 0.2) is 78.9 Å². The Hall–Kier alpha value is -2.78. The van der Waals surface area contributed by atoms with E-state index in [1.165, 1.54) is 5.56 Å². The molecule has 30 heavy (non-hydrogen) atoms. The number of para-hydroxylation sites is 2. The van der Waals surface area contributed by atoms with Crippen LogP contribution in [0.3, 0.4) is 0 Å². The average molecular weight is 405 g/mol. The second-order valence-corrected chi connectivity index (χ2v) is 8.17. The van der Waals surface area contributed by atoms with Crippen LogP contribution in [-0.4, -0.2) is 17.3 Å². The summed E-state index contributed by atoms with van der Waals surface area (Å²) in [6.07, 6.45) is 1.25. The van der Waals surface area contributed by atoms with Crippen molar-refractivity contribution in [2.75, 3.05) is 0 Å². The van der Waals surface area contributed by atoms with Gasteiger partial charge in [0.2, 0.25) is 0 Å². The molecular weight excluding hydrogens is 372 g/mol. The summed E-state index contributed by atoms with van der Waals surface area (Å²) in [5.74, 6) is 1.39. The molecule has 0 aromatic heterocycles. The van der Waals surface area contributed by atoms with Gasteiger partial charge >= 0.3 is 0 Å². The summed E-state index contributed by atoms with van der Waals surface area (Å²) in [6.45, 7) is 7.98. The maximum atomic E-state index is 12.2. The molecule has 0 atom stereocenters. The molecule has 0 spiro atoms. The van der Waals surface area contributed by atoms with E-state index in [4.69, 9.17) is 9.47 Å². The van der Waals surface area contributed by atoms with Gasteiger partial charge in [-0.25, -0.2) is 0 Å². The highest BCUT2D eigenvalue weighted by Gasteiger charge is 2.37. The predicted molar refractivity (Wildman–Crippen MR) is 122 cm³/mol. The first-order chi connectivity index (χ1) is 14.4. The van der Waals surface area contributed by atoms with Crippen LogP contribution in [0.5, 0.6) is 11.5 Å². The summed E-state index contributed by atoms with van der Waals surface area (Å²) in [6, 6.07) is 25.8. The third-order valence-corrected chi connectivity index (χ3v) is 5.01. The zero-order valence-electron chi connectivity index (χ0n) is 18.3. The maximum absolute atomic E-state index is 12.2. The van der Waals surface area contributed by atoms with E-state index in [9.17, 15) is 5.11 Å². The molecule has 0 aliphatic heterocycles. The van der Waals surface area contributed by atoms with Crippen molar-refractivity contribution in [1.29, 1.82) is 0 Å². The van der Waals surface area contributed by atoms with E-state index in [1.807, 2.05) is 94.4 Å². The molecule has 158 valence electrons. The van der Waals surface area contributed by atoms with Gasteiger partial charge in [0.25, 0.3) is 0 Å². The van der Waals surface area contributed by atoms with Crippen LogP contribution in [0.2, 0.25) is 0 Å². The van der Waals surface area contributed by atoms with E-state index in [-0.39, 0.29) is 12.2 Å². The molecule has 0 radical (unpaired) electrons. The molecule has 3 rings (SSSR count). The van der Waals surface area contributed by atoms with Gasteiger partial charge in [-0.2, -0.15) is 0 Å². The van der Waals surface area contributed by atoms with Crippen molar-refractivity contribution >= 4 is 0 Å². The zero-order chi connectivity index (χ0) is 21.6. The first kappa shape index (κ1) is 21.9. The number of hydrogen-bond acceptors (Lipinski definition) is 3. The summed E-state index contributed by atoms with van der Waals surface area (Å²) in [4.78, 5) is 0. The van der Waals surface area contributed by atoms with Crippen LogP contribution >= 0.6 is 0 Å². The van der Waals surface area contributed by atoms with Crippen LogP contribution in [0, 0.1) is 0 Å². The van der Waals surface area contributed by atoms with E-state index >= 15 is 0 Å². The molecule has 3 aromatic carbocycles. The molecule has 0 unspecified atom stereocenters. The van der Waals surface area contributed by atoms with Crippen LogP contribution in [0.25, 0.3) is 0 Å². The third kappa shape index (κ3) is 5.22. The molecule has 0 aliphatic carbocycles. The second kappa shape index (κ2) is 9.82. The van der Waals surface area contributed by atoms with Gasteiger partial charge in [0, 0.05) is 11.1 Å². The van der Waals surface area contributed by atoms with Gasteiger partial charge < -0.3 is 14.6 Å². The minimum atomic E-state index is -1.26. The van der Waals surface area contributed by atoms with Crippen molar-refractivity contribution in [1.82, 2.24) is 0 Å². The summed E-state index contributed by atoms with van der Waals surface area (Å²) >= 11 is 0. The van der Waals surface area contributed by atoms with Crippen molar-refractivity contribution in [3.05, 3.63) is 95.6 Å². The van der Waals surface area contributed by atoms with E-state index in [1.54, 1.807) is 0 Å². The number of rotatable bonds is 9. The summed E-state index contributed by atoms with van der Waals surface area (Å²) < 4.78 is 12.2. The Morgan fingerprint density at radius 1 is 0.667 bits per heavy atom. The molecule has 0 heterocycles. The van der Waals surface area contributed by atoms with Gasteiger partial charge in [-0.3, -0.25) is 0 Å². The lowest BCUT2D eigenvalue weighted by Gasteiger charge is -2.33. The minimum absolute atomic E-state index is 0.00619.